The maximum Gasteiger partial charge on any atom is 0.229 e. The van der Waals surface area contributed by atoms with Gasteiger partial charge in [0, 0.05) is 17.1 Å². The summed E-state index contributed by atoms with van der Waals surface area (Å²) in [5, 5.41) is 6.27. The summed E-state index contributed by atoms with van der Waals surface area (Å²) >= 11 is 0. The standard InChI is InChI=1S/C16H20FN7O3/c17-14-11-20-16(23-15(14)18)22-12-1-3-13(4-2-12)27-10-9-26-8-7-25-6-5-21-24-19/h1-4,11H,5-10H2,(H3,18,20,22,23). The van der Waals surface area contributed by atoms with Gasteiger partial charge in [-0.2, -0.15) is 4.98 Å². The molecular formula is C16H20FN7O3. The first-order chi connectivity index (χ1) is 13.2. The van der Waals surface area contributed by atoms with Crippen LogP contribution >= 0.6 is 0 Å². The molecule has 1 aromatic carbocycles. The third-order valence-corrected chi connectivity index (χ3v) is 3.15. The van der Waals surface area contributed by atoms with Gasteiger partial charge in [0.25, 0.3) is 0 Å². The van der Waals surface area contributed by atoms with Crippen molar-refractivity contribution in [3.63, 3.8) is 0 Å². The van der Waals surface area contributed by atoms with Gasteiger partial charge in [0.05, 0.1) is 32.6 Å². The first-order valence-corrected chi connectivity index (χ1v) is 8.13. The van der Waals surface area contributed by atoms with Crippen molar-refractivity contribution in [2.45, 2.75) is 0 Å². The molecule has 144 valence electrons. The molecule has 0 unspecified atom stereocenters. The van der Waals surface area contributed by atoms with E-state index in [-0.39, 0.29) is 11.8 Å². The van der Waals surface area contributed by atoms with E-state index in [9.17, 15) is 4.39 Å². The minimum Gasteiger partial charge on any atom is -0.491 e. The summed E-state index contributed by atoms with van der Waals surface area (Å²) in [5.41, 5.74) is 14.2. The quantitative estimate of drug-likeness (QED) is 0.251. The lowest BCUT2D eigenvalue weighted by atomic mass is 10.3. The third kappa shape index (κ3) is 7.74. The molecule has 27 heavy (non-hydrogen) atoms. The number of halogens is 1. The zero-order valence-electron chi connectivity index (χ0n) is 14.5. The predicted molar refractivity (Wildman–Crippen MR) is 97.3 cm³/mol. The van der Waals surface area contributed by atoms with Crippen LogP contribution in [0, 0.1) is 5.82 Å². The van der Waals surface area contributed by atoms with Crippen LogP contribution in [-0.2, 0) is 9.47 Å². The Morgan fingerprint density at radius 3 is 2.52 bits per heavy atom. The van der Waals surface area contributed by atoms with Crippen molar-refractivity contribution in [3.8, 4) is 5.75 Å². The van der Waals surface area contributed by atoms with Gasteiger partial charge in [0.15, 0.2) is 11.6 Å². The number of nitrogens with zero attached hydrogens (tertiary/aromatic N) is 5. The number of nitrogen functional groups attached to an aromatic ring is 1. The summed E-state index contributed by atoms with van der Waals surface area (Å²) in [6.07, 6.45) is 1.01. The van der Waals surface area contributed by atoms with Crippen molar-refractivity contribution in [2.24, 2.45) is 5.11 Å². The Hall–Kier alpha value is -3.14. The molecule has 0 fully saturated rings. The molecule has 0 aliphatic heterocycles. The number of nitrogens with two attached hydrogens (primary N) is 1. The fourth-order valence-electron chi connectivity index (χ4n) is 1.89. The fourth-order valence-corrected chi connectivity index (χ4v) is 1.89. The number of aromatic nitrogens is 2. The summed E-state index contributed by atoms with van der Waals surface area (Å²) in [7, 11) is 0. The SMILES string of the molecule is [N-]=[N+]=NCCOCCOCCOc1ccc(Nc2ncc(F)c(N)n2)cc1. The molecule has 0 spiro atoms. The molecule has 2 rings (SSSR count). The van der Waals surface area contributed by atoms with Gasteiger partial charge in [0.1, 0.15) is 12.4 Å². The molecule has 0 bridgehead atoms. The molecule has 0 atom stereocenters. The Bertz CT molecular complexity index is 754. The Balaban J connectivity index is 1.61. The van der Waals surface area contributed by atoms with Crippen molar-refractivity contribution in [3.05, 3.63) is 46.7 Å². The zero-order valence-corrected chi connectivity index (χ0v) is 14.5. The van der Waals surface area contributed by atoms with Gasteiger partial charge in [0.2, 0.25) is 5.95 Å². The zero-order chi connectivity index (χ0) is 19.3. The number of hydrogen-bond acceptors (Lipinski definition) is 8. The van der Waals surface area contributed by atoms with Crippen LogP contribution in [-0.4, -0.2) is 49.5 Å². The largest absolute Gasteiger partial charge is 0.491 e. The van der Waals surface area contributed by atoms with E-state index in [2.05, 4.69) is 25.3 Å². The molecule has 11 heteroatoms. The second kappa shape index (κ2) is 11.5. The lowest BCUT2D eigenvalue weighted by molar-refractivity contribution is 0.0388. The molecule has 10 nitrogen and oxygen atoms in total. The van der Waals surface area contributed by atoms with Crippen LogP contribution in [0.1, 0.15) is 0 Å². The average Bonchev–Trinajstić information content (AvgIpc) is 2.67. The van der Waals surface area contributed by atoms with Gasteiger partial charge >= 0.3 is 0 Å². The lowest BCUT2D eigenvalue weighted by Gasteiger charge is -2.09. The lowest BCUT2D eigenvalue weighted by Crippen LogP contribution is -2.11. The maximum absolute atomic E-state index is 13.0. The second-order valence-corrected chi connectivity index (χ2v) is 5.10. The van der Waals surface area contributed by atoms with E-state index in [0.717, 1.165) is 6.20 Å². The highest BCUT2D eigenvalue weighted by Crippen LogP contribution is 2.19. The van der Waals surface area contributed by atoms with Gasteiger partial charge in [-0.1, -0.05) is 5.11 Å². The van der Waals surface area contributed by atoms with E-state index >= 15 is 0 Å². The number of benzene rings is 1. The van der Waals surface area contributed by atoms with Crippen molar-refractivity contribution in [2.75, 3.05) is 50.6 Å². The summed E-state index contributed by atoms with van der Waals surface area (Å²) in [6.45, 7) is 2.36. The van der Waals surface area contributed by atoms with Crippen LogP contribution < -0.4 is 15.8 Å². The maximum atomic E-state index is 13.0. The molecule has 1 heterocycles. The number of hydrogen-bond donors (Lipinski definition) is 2. The average molecular weight is 377 g/mol. The van der Waals surface area contributed by atoms with E-state index in [0.29, 0.717) is 51.0 Å². The first kappa shape index (κ1) is 20.2. The van der Waals surface area contributed by atoms with E-state index < -0.39 is 5.82 Å². The molecule has 0 aliphatic rings. The van der Waals surface area contributed by atoms with Crippen LogP contribution in [0.4, 0.5) is 21.8 Å². The molecule has 0 aliphatic carbocycles. The minimum atomic E-state index is -0.661. The first-order valence-electron chi connectivity index (χ1n) is 8.13. The second-order valence-electron chi connectivity index (χ2n) is 5.10. The highest BCUT2D eigenvalue weighted by Gasteiger charge is 2.04. The Morgan fingerprint density at radius 1 is 1.11 bits per heavy atom. The summed E-state index contributed by atoms with van der Waals surface area (Å²) in [4.78, 5) is 10.2. The third-order valence-electron chi connectivity index (χ3n) is 3.15. The van der Waals surface area contributed by atoms with Gasteiger partial charge in [-0.25, -0.2) is 9.37 Å². The van der Waals surface area contributed by atoms with Crippen molar-refractivity contribution < 1.29 is 18.6 Å². The molecule has 0 amide bonds. The number of azide groups is 1. The molecule has 0 radical (unpaired) electrons. The predicted octanol–water partition coefficient (Wildman–Crippen LogP) is 2.66. The number of ether oxygens (including phenoxy) is 3. The monoisotopic (exact) mass is 377 g/mol. The molecule has 2 aromatic rings. The van der Waals surface area contributed by atoms with E-state index in [1.807, 2.05) is 0 Å². The van der Waals surface area contributed by atoms with Crippen molar-refractivity contribution >= 4 is 17.5 Å². The van der Waals surface area contributed by atoms with Crippen LogP contribution in [0.5, 0.6) is 5.75 Å². The number of anilines is 3. The van der Waals surface area contributed by atoms with Crippen molar-refractivity contribution in [1.29, 1.82) is 0 Å². The van der Waals surface area contributed by atoms with Crippen LogP contribution in [0.15, 0.2) is 35.6 Å². The van der Waals surface area contributed by atoms with Gasteiger partial charge in [-0.3, -0.25) is 0 Å². The number of rotatable bonds is 12. The Morgan fingerprint density at radius 2 is 1.81 bits per heavy atom. The van der Waals surface area contributed by atoms with Crippen LogP contribution in [0.25, 0.3) is 10.4 Å². The van der Waals surface area contributed by atoms with E-state index in [4.69, 9.17) is 25.5 Å². The Labute approximate surface area is 155 Å². The molecule has 3 N–H and O–H groups in total. The highest BCUT2D eigenvalue weighted by atomic mass is 19.1. The number of nitrogens with one attached hydrogen (secondary N) is 1. The molecular weight excluding hydrogens is 357 g/mol. The topological polar surface area (TPSA) is 140 Å². The summed E-state index contributed by atoms with van der Waals surface area (Å²) < 4.78 is 29.2. The summed E-state index contributed by atoms with van der Waals surface area (Å²) in [5.74, 6) is 0.00619. The van der Waals surface area contributed by atoms with Gasteiger partial charge < -0.3 is 25.3 Å². The molecule has 0 saturated heterocycles. The van der Waals surface area contributed by atoms with Crippen LogP contribution in [0.2, 0.25) is 0 Å². The van der Waals surface area contributed by atoms with Gasteiger partial charge in [-0.05, 0) is 29.8 Å². The van der Waals surface area contributed by atoms with Gasteiger partial charge in [-0.15, -0.1) is 0 Å². The minimum absolute atomic E-state index is 0.206. The summed E-state index contributed by atoms with van der Waals surface area (Å²) in [6, 6.07) is 7.09. The van der Waals surface area contributed by atoms with Crippen LogP contribution in [0.3, 0.4) is 0 Å². The normalized spacial score (nSPS) is 10.3. The smallest absolute Gasteiger partial charge is 0.229 e. The molecule has 0 saturated carbocycles. The van der Waals surface area contributed by atoms with E-state index in [1.165, 1.54) is 0 Å². The van der Waals surface area contributed by atoms with E-state index in [1.54, 1.807) is 24.3 Å². The van der Waals surface area contributed by atoms with Crippen molar-refractivity contribution in [1.82, 2.24) is 9.97 Å². The molecule has 1 aromatic heterocycles. The Kier molecular flexibility index (Phi) is 8.57. The highest BCUT2D eigenvalue weighted by molar-refractivity contribution is 5.55. The fraction of sp³-hybridized carbons (Fsp3) is 0.375.